The maximum Gasteiger partial charge on any atom is 0.158 e. The van der Waals surface area contributed by atoms with Gasteiger partial charge in [-0.3, -0.25) is 4.79 Å². The lowest BCUT2D eigenvalue weighted by Crippen LogP contribution is -2.08. The summed E-state index contributed by atoms with van der Waals surface area (Å²) in [4.78, 5) is 11.5. The van der Waals surface area contributed by atoms with Gasteiger partial charge in [0.1, 0.15) is 6.61 Å². The van der Waals surface area contributed by atoms with Crippen molar-refractivity contribution in [2.24, 2.45) is 0 Å². The first-order valence-corrected chi connectivity index (χ1v) is 7.53. The topological polar surface area (TPSA) is 26.3 Å². The summed E-state index contributed by atoms with van der Waals surface area (Å²) in [6, 6.07) is 18.6. The normalized spacial score (nSPS) is 10.5. The SMILES string of the molecule is CCCCC(=O)COCc1ccc(-c2ccccc2)cc1. The second kappa shape index (κ2) is 8.38. The van der Waals surface area contributed by atoms with E-state index in [2.05, 4.69) is 43.3 Å². The standard InChI is InChI=1S/C19H22O2/c1-2-3-9-19(20)15-21-14-16-10-12-18(13-11-16)17-7-5-4-6-8-17/h4-8,10-13H,2-3,9,14-15H2,1H3. The van der Waals surface area contributed by atoms with Crippen molar-refractivity contribution in [2.45, 2.75) is 32.8 Å². The molecule has 21 heavy (non-hydrogen) atoms. The lowest BCUT2D eigenvalue weighted by molar-refractivity contribution is -0.124. The highest BCUT2D eigenvalue weighted by atomic mass is 16.5. The summed E-state index contributed by atoms with van der Waals surface area (Å²) in [7, 11) is 0. The van der Waals surface area contributed by atoms with E-state index in [1.165, 1.54) is 11.1 Å². The van der Waals surface area contributed by atoms with E-state index in [0.717, 1.165) is 18.4 Å². The monoisotopic (exact) mass is 282 g/mol. The van der Waals surface area contributed by atoms with E-state index < -0.39 is 0 Å². The van der Waals surface area contributed by atoms with Gasteiger partial charge in [0, 0.05) is 6.42 Å². The summed E-state index contributed by atoms with van der Waals surface area (Å²) >= 11 is 0. The Morgan fingerprint density at radius 3 is 2.29 bits per heavy atom. The number of ether oxygens (including phenoxy) is 1. The third kappa shape index (κ3) is 5.16. The number of hydrogen-bond acceptors (Lipinski definition) is 2. The van der Waals surface area contributed by atoms with Crippen LogP contribution in [0.4, 0.5) is 0 Å². The zero-order valence-electron chi connectivity index (χ0n) is 12.5. The third-order valence-electron chi connectivity index (χ3n) is 3.40. The molecule has 0 saturated heterocycles. The molecule has 0 N–H and O–H groups in total. The summed E-state index contributed by atoms with van der Waals surface area (Å²) in [5.74, 6) is 0.192. The lowest BCUT2D eigenvalue weighted by Gasteiger charge is -2.06. The van der Waals surface area contributed by atoms with Gasteiger partial charge in [0.25, 0.3) is 0 Å². The first kappa shape index (κ1) is 15.5. The third-order valence-corrected chi connectivity index (χ3v) is 3.40. The van der Waals surface area contributed by atoms with Crippen LogP contribution in [-0.4, -0.2) is 12.4 Å². The van der Waals surface area contributed by atoms with E-state index in [1.54, 1.807) is 0 Å². The predicted octanol–water partition coefficient (Wildman–Crippen LogP) is 4.63. The quantitative estimate of drug-likeness (QED) is 0.705. The lowest BCUT2D eigenvalue weighted by atomic mass is 10.0. The number of carbonyl (C=O) groups is 1. The van der Waals surface area contributed by atoms with Crippen LogP contribution in [0.3, 0.4) is 0 Å². The van der Waals surface area contributed by atoms with E-state index >= 15 is 0 Å². The number of benzene rings is 2. The molecule has 0 aliphatic heterocycles. The Hall–Kier alpha value is -1.93. The van der Waals surface area contributed by atoms with Crippen molar-refractivity contribution in [1.82, 2.24) is 0 Å². The second-order valence-corrected chi connectivity index (χ2v) is 5.20. The van der Waals surface area contributed by atoms with Crippen LogP contribution in [0.2, 0.25) is 0 Å². The van der Waals surface area contributed by atoms with Crippen LogP contribution in [0, 0.1) is 0 Å². The minimum atomic E-state index is 0.192. The van der Waals surface area contributed by atoms with Gasteiger partial charge in [-0.25, -0.2) is 0 Å². The number of carbonyl (C=O) groups excluding carboxylic acids is 1. The Morgan fingerprint density at radius 1 is 0.952 bits per heavy atom. The predicted molar refractivity (Wildman–Crippen MR) is 86.1 cm³/mol. The van der Waals surface area contributed by atoms with Crippen molar-refractivity contribution >= 4 is 5.78 Å². The fraction of sp³-hybridized carbons (Fsp3) is 0.316. The summed E-state index contributed by atoms with van der Waals surface area (Å²) in [6.45, 7) is 2.80. The van der Waals surface area contributed by atoms with Gasteiger partial charge in [0.2, 0.25) is 0 Å². The molecule has 0 unspecified atom stereocenters. The molecular formula is C19H22O2. The van der Waals surface area contributed by atoms with Crippen LogP contribution in [0.1, 0.15) is 31.7 Å². The second-order valence-electron chi connectivity index (χ2n) is 5.20. The van der Waals surface area contributed by atoms with Crippen LogP contribution < -0.4 is 0 Å². The van der Waals surface area contributed by atoms with Gasteiger partial charge in [-0.05, 0) is 23.1 Å². The molecule has 0 aliphatic carbocycles. The van der Waals surface area contributed by atoms with Gasteiger partial charge in [0.05, 0.1) is 6.61 Å². The summed E-state index contributed by atoms with van der Waals surface area (Å²) in [5, 5.41) is 0. The molecule has 0 fully saturated rings. The first-order chi connectivity index (χ1) is 10.3. The van der Waals surface area contributed by atoms with Crippen LogP contribution in [0.15, 0.2) is 54.6 Å². The largest absolute Gasteiger partial charge is 0.369 e. The van der Waals surface area contributed by atoms with Crippen LogP contribution in [0.5, 0.6) is 0 Å². The van der Waals surface area contributed by atoms with E-state index in [4.69, 9.17) is 4.74 Å². The van der Waals surface area contributed by atoms with Crippen molar-refractivity contribution in [3.05, 3.63) is 60.2 Å². The highest BCUT2D eigenvalue weighted by Gasteiger charge is 2.02. The molecule has 0 atom stereocenters. The van der Waals surface area contributed by atoms with Crippen molar-refractivity contribution in [3.8, 4) is 11.1 Å². The van der Waals surface area contributed by atoms with Gasteiger partial charge in [-0.2, -0.15) is 0 Å². The molecule has 2 aromatic rings. The number of rotatable bonds is 8. The maximum atomic E-state index is 11.5. The van der Waals surface area contributed by atoms with Crippen molar-refractivity contribution < 1.29 is 9.53 Å². The number of hydrogen-bond donors (Lipinski definition) is 0. The fourth-order valence-electron chi connectivity index (χ4n) is 2.15. The Bertz CT molecular complexity index is 544. The van der Waals surface area contributed by atoms with E-state index in [1.807, 2.05) is 18.2 Å². The number of Topliss-reactive ketones (excluding diaryl/α,β-unsaturated/α-hetero) is 1. The molecule has 0 saturated carbocycles. The summed E-state index contributed by atoms with van der Waals surface area (Å²) in [6.07, 6.45) is 2.63. The fourth-order valence-corrected chi connectivity index (χ4v) is 2.15. The maximum absolute atomic E-state index is 11.5. The zero-order valence-corrected chi connectivity index (χ0v) is 12.5. The molecule has 2 rings (SSSR count). The highest BCUT2D eigenvalue weighted by molar-refractivity contribution is 5.79. The van der Waals surface area contributed by atoms with E-state index in [0.29, 0.717) is 13.0 Å². The van der Waals surface area contributed by atoms with Crippen LogP contribution in [0.25, 0.3) is 11.1 Å². The van der Waals surface area contributed by atoms with Crippen LogP contribution in [-0.2, 0) is 16.1 Å². The number of unbranched alkanes of at least 4 members (excludes halogenated alkanes) is 1. The summed E-state index contributed by atoms with van der Waals surface area (Å²) < 4.78 is 5.47. The molecule has 0 radical (unpaired) electrons. The Balaban J connectivity index is 1.82. The average molecular weight is 282 g/mol. The van der Waals surface area contributed by atoms with Gasteiger partial charge < -0.3 is 4.74 Å². The minimum absolute atomic E-state index is 0.192. The van der Waals surface area contributed by atoms with Gasteiger partial charge >= 0.3 is 0 Å². The van der Waals surface area contributed by atoms with Crippen molar-refractivity contribution in [3.63, 3.8) is 0 Å². The smallest absolute Gasteiger partial charge is 0.158 e. The number of ketones is 1. The Labute approximate surface area is 126 Å². The minimum Gasteiger partial charge on any atom is -0.369 e. The van der Waals surface area contributed by atoms with E-state index in [9.17, 15) is 4.79 Å². The molecule has 2 heteroatoms. The molecule has 2 aromatic carbocycles. The zero-order chi connectivity index (χ0) is 14.9. The van der Waals surface area contributed by atoms with Crippen molar-refractivity contribution in [1.29, 1.82) is 0 Å². The molecule has 0 aromatic heterocycles. The van der Waals surface area contributed by atoms with Crippen molar-refractivity contribution in [2.75, 3.05) is 6.61 Å². The molecule has 0 aliphatic rings. The molecule has 0 heterocycles. The molecule has 0 amide bonds. The molecule has 0 bridgehead atoms. The van der Waals surface area contributed by atoms with Gasteiger partial charge in [-0.15, -0.1) is 0 Å². The van der Waals surface area contributed by atoms with Gasteiger partial charge in [0.15, 0.2) is 5.78 Å². The van der Waals surface area contributed by atoms with Crippen LogP contribution >= 0.6 is 0 Å². The first-order valence-electron chi connectivity index (χ1n) is 7.53. The summed E-state index contributed by atoms with van der Waals surface area (Å²) in [5.41, 5.74) is 3.50. The molecule has 110 valence electrons. The molecule has 2 nitrogen and oxygen atoms in total. The van der Waals surface area contributed by atoms with E-state index in [-0.39, 0.29) is 12.4 Å². The molecule has 0 spiro atoms. The Morgan fingerprint density at radius 2 is 1.62 bits per heavy atom. The molecular weight excluding hydrogens is 260 g/mol. The average Bonchev–Trinajstić information content (AvgIpc) is 2.54. The highest BCUT2D eigenvalue weighted by Crippen LogP contribution is 2.19. The Kier molecular flexibility index (Phi) is 6.17. The van der Waals surface area contributed by atoms with Gasteiger partial charge in [-0.1, -0.05) is 67.9 Å².